The van der Waals surface area contributed by atoms with E-state index in [4.69, 9.17) is 0 Å². The molecule has 4 nitrogen and oxygen atoms in total. The molecule has 0 aromatic rings. The highest BCUT2D eigenvalue weighted by atomic mass is 19.1. The fourth-order valence-corrected chi connectivity index (χ4v) is 0.221. The van der Waals surface area contributed by atoms with E-state index in [0.717, 1.165) is 6.92 Å². The van der Waals surface area contributed by atoms with Crippen LogP contribution >= 0.6 is 0 Å². The first kappa shape index (κ1) is 7.87. The molecular formula is C4H6FNO3. The summed E-state index contributed by atoms with van der Waals surface area (Å²) in [6.07, 6.45) is -2.55. The number of carbonyl (C=O) groups is 2. The van der Waals surface area contributed by atoms with Crippen LogP contribution in [0.25, 0.3) is 0 Å². The highest BCUT2D eigenvalue weighted by Gasteiger charge is 2.13. The molecule has 1 atom stereocenters. The monoisotopic (exact) mass is 135 g/mol. The Hall–Kier alpha value is -1.13. The topological polar surface area (TPSA) is 69.4 Å². The summed E-state index contributed by atoms with van der Waals surface area (Å²) in [5, 5.41) is 0. The van der Waals surface area contributed by atoms with Gasteiger partial charge in [0.15, 0.2) is 6.10 Å². The van der Waals surface area contributed by atoms with Crippen LogP contribution in [0.5, 0.6) is 0 Å². The molecule has 0 aliphatic heterocycles. The van der Waals surface area contributed by atoms with E-state index in [2.05, 4.69) is 10.5 Å². The number of rotatable bonds is 2. The van der Waals surface area contributed by atoms with Gasteiger partial charge >= 0.3 is 12.1 Å². The Morgan fingerprint density at radius 2 is 2.11 bits per heavy atom. The van der Waals surface area contributed by atoms with Crippen LogP contribution in [-0.4, -0.2) is 18.2 Å². The lowest BCUT2D eigenvalue weighted by atomic mass is 10.4. The minimum atomic E-state index is -1.71. The molecular weight excluding hydrogens is 129 g/mol. The van der Waals surface area contributed by atoms with E-state index in [1.165, 1.54) is 0 Å². The van der Waals surface area contributed by atoms with Gasteiger partial charge in [-0.25, -0.2) is 4.79 Å². The predicted octanol–water partition coefficient (Wildman–Crippen LogP) is -0.0337. The lowest BCUT2D eigenvalue weighted by molar-refractivity contribution is -0.137. The largest absolute Gasteiger partial charge is 0.436 e. The van der Waals surface area contributed by atoms with Crippen molar-refractivity contribution in [2.75, 3.05) is 0 Å². The fourth-order valence-electron chi connectivity index (χ4n) is 0.221. The number of carbonyl (C=O) groups excluding carboxylic acids is 2. The maximum atomic E-state index is 11.5. The van der Waals surface area contributed by atoms with Gasteiger partial charge in [0.1, 0.15) is 0 Å². The van der Waals surface area contributed by atoms with Gasteiger partial charge in [0, 0.05) is 0 Å². The molecule has 0 aromatic carbocycles. The summed E-state index contributed by atoms with van der Waals surface area (Å²) in [7, 11) is 0. The van der Waals surface area contributed by atoms with Crippen molar-refractivity contribution in [2.45, 2.75) is 13.0 Å². The Morgan fingerprint density at radius 1 is 1.67 bits per heavy atom. The zero-order valence-electron chi connectivity index (χ0n) is 4.76. The van der Waals surface area contributed by atoms with Gasteiger partial charge in [-0.15, -0.1) is 0 Å². The SMILES string of the molecule is CC(OC(N)=O)C(=O)F. The van der Waals surface area contributed by atoms with Crippen LogP contribution in [0.3, 0.4) is 0 Å². The summed E-state index contributed by atoms with van der Waals surface area (Å²) in [6.45, 7) is 1.09. The molecule has 1 unspecified atom stereocenters. The van der Waals surface area contributed by atoms with Gasteiger partial charge in [-0.05, 0) is 6.92 Å². The normalized spacial score (nSPS) is 12.2. The van der Waals surface area contributed by atoms with Crippen molar-refractivity contribution in [2.24, 2.45) is 5.73 Å². The number of hydrogen-bond donors (Lipinski definition) is 1. The molecule has 0 heterocycles. The second-order valence-electron chi connectivity index (χ2n) is 1.38. The highest BCUT2D eigenvalue weighted by Crippen LogP contribution is 1.91. The number of primary amides is 1. The Morgan fingerprint density at radius 3 is 2.22 bits per heavy atom. The van der Waals surface area contributed by atoms with E-state index < -0.39 is 18.2 Å². The van der Waals surface area contributed by atoms with Gasteiger partial charge in [-0.3, -0.25) is 4.79 Å². The van der Waals surface area contributed by atoms with Gasteiger partial charge in [0.2, 0.25) is 0 Å². The molecule has 0 spiro atoms. The Labute approximate surface area is 50.8 Å². The zero-order chi connectivity index (χ0) is 7.44. The van der Waals surface area contributed by atoms with Crippen molar-refractivity contribution in [3.05, 3.63) is 0 Å². The minimum Gasteiger partial charge on any atom is -0.436 e. The smallest absolute Gasteiger partial charge is 0.405 e. The maximum Gasteiger partial charge on any atom is 0.405 e. The molecule has 0 aromatic heterocycles. The van der Waals surface area contributed by atoms with Gasteiger partial charge in [0.05, 0.1) is 0 Å². The number of halogens is 1. The van der Waals surface area contributed by atoms with Crippen molar-refractivity contribution >= 4 is 12.1 Å². The van der Waals surface area contributed by atoms with Crippen molar-refractivity contribution in [3.63, 3.8) is 0 Å². The number of nitrogens with two attached hydrogens (primary N) is 1. The molecule has 9 heavy (non-hydrogen) atoms. The van der Waals surface area contributed by atoms with Gasteiger partial charge in [-0.1, -0.05) is 0 Å². The quantitative estimate of drug-likeness (QED) is 0.540. The summed E-state index contributed by atoms with van der Waals surface area (Å²) in [5.41, 5.74) is 4.45. The van der Waals surface area contributed by atoms with E-state index in [0.29, 0.717) is 0 Å². The minimum absolute atomic E-state index is 1.09. The first-order valence-electron chi connectivity index (χ1n) is 2.19. The highest BCUT2D eigenvalue weighted by molar-refractivity contribution is 5.76. The lowest BCUT2D eigenvalue weighted by Crippen LogP contribution is -2.24. The fraction of sp³-hybridized carbons (Fsp3) is 0.500. The first-order chi connectivity index (χ1) is 4.04. The van der Waals surface area contributed by atoms with E-state index in [9.17, 15) is 14.0 Å². The second-order valence-corrected chi connectivity index (χ2v) is 1.38. The molecule has 0 rings (SSSR count). The summed E-state index contributed by atoms with van der Waals surface area (Å²) in [4.78, 5) is 19.5. The standard InChI is InChI=1S/C4H6FNO3/c1-2(3(5)7)9-4(6)8/h2H,1H3,(H2,6,8). The number of hydrogen-bond acceptors (Lipinski definition) is 3. The molecule has 0 bridgehead atoms. The molecule has 0 saturated heterocycles. The van der Waals surface area contributed by atoms with Crippen LogP contribution in [0.4, 0.5) is 9.18 Å². The van der Waals surface area contributed by atoms with Crippen LogP contribution < -0.4 is 5.73 Å². The first-order valence-corrected chi connectivity index (χ1v) is 2.19. The molecule has 5 heteroatoms. The third kappa shape index (κ3) is 3.45. The molecule has 52 valence electrons. The molecule has 0 aliphatic rings. The molecule has 0 radical (unpaired) electrons. The third-order valence-electron chi connectivity index (χ3n) is 0.613. The average Bonchev–Trinajstić information content (AvgIpc) is 1.63. The second kappa shape index (κ2) is 3.01. The molecule has 0 aliphatic carbocycles. The van der Waals surface area contributed by atoms with Gasteiger partial charge in [-0.2, -0.15) is 4.39 Å². The van der Waals surface area contributed by atoms with Crippen molar-refractivity contribution in [1.29, 1.82) is 0 Å². The van der Waals surface area contributed by atoms with Gasteiger partial charge in [0.25, 0.3) is 0 Å². The molecule has 0 saturated carbocycles. The molecule has 1 amide bonds. The van der Waals surface area contributed by atoms with Crippen molar-refractivity contribution in [1.82, 2.24) is 0 Å². The van der Waals surface area contributed by atoms with Crippen LogP contribution in [0.15, 0.2) is 0 Å². The maximum absolute atomic E-state index is 11.5. The van der Waals surface area contributed by atoms with Crippen LogP contribution in [0.2, 0.25) is 0 Å². The number of amides is 1. The van der Waals surface area contributed by atoms with E-state index in [1.807, 2.05) is 0 Å². The summed E-state index contributed by atoms with van der Waals surface area (Å²) >= 11 is 0. The summed E-state index contributed by atoms with van der Waals surface area (Å²) < 4.78 is 15.4. The van der Waals surface area contributed by atoms with Crippen molar-refractivity contribution < 1.29 is 18.7 Å². The third-order valence-corrected chi connectivity index (χ3v) is 0.613. The lowest BCUT2D eigenvalue weighted by Gasteiger charge is -2.02. The van der Waals surface area contributed by atoms with E-state index >= 15 is 0 Å². The predicted molar refractivity (Wildman–Crippen MR) is 26.2 cm³/mol. The average molecular weight is 135 g/mol. The van der Waals surface area contributed by atoms with Crippen LogP contribution in [-0.2, 0) is 9.53 Å². The Kier molecular flexibility index (Phi) is 2.63. The summed E-state index contributed by atoms with van der Waals surface area (Å²) in [5.74, 6) is 0. The summed E-state index contributed by atoms with van der Waals surface area (Å²) in [6, 6.07) is -1.71. The van der Waals surface area contributed by atoms with Gasteiger partial charge < -0.3 is 10.5 Å². The van der Waals surface area contributed by atoms with Crippen molar-refractivity contribution in [3.8, 4) is 0 Å². The van der Waals surface area contributed by atoms with E-state index in [1.54, 1.807) is 0 Å². The zero-order valence-corrected chi connectivity index (χ0v) is 4.76. The van der Waals surface area contributed by atoms with Crippen LogP contribution in [0, 0.1) is 0 Å². The number of ether oxygens (including phenoxy) is 1. The Balaban J connectivity index is 3.63. The Bertz CT molecular complexity index is 136. The molecule has 2 N–H and O–H groups in total. The van der Waals surface area contributed by atoms with E-state index in [-0.39, 0.29) is 0 Å². The molecule has 0 fully saturated rings. The van der Waals surface area contributed by atoms with Crippen LogP contribution in [0.1, 0.15) is 6.92 Å².